The molecule has 2 rings (SSSR count). The molecule has 0 saturated heterocycles. The van der Waals surface area contributed by atoms with Gasteiger partial charge in [0.25, 0.3) is 5.91 Å². The first-order valence-electron chi connectivity index (χ1n) is 8.19. The third kappa shape index (κ3) is 5.18. The van der Waals surface area contributed by atoms with Crippen LogP contribution < -0.4 is 22.1 Å². The van der Waals surface area contributed by atoms with Gasteiger partial charge in [-0.05, 0) is 17.2 Å². The zero-order valence-electron chi connectivity index (χ0n) is 14.6. The molecular formula is C18H23N5O3. The number of nitrogen functional groups attached to an aromatic ring is 1. The summed E-state index contributed by atoms with van der Waals surface area (Å²) in [5.41, 5.74) is 11.0. The molecule has 1 aromatic heterocycles. The van der Waals surface area contributed by atoms with Crippen LogP contribution in [0, 0.1) is 0 Å². The second-order valence-corrected chi connectivity index (χ2v) is 5.72. The van der Waals surface area contributed by atoms with Gasteiger partial charge in [0, 0.05) is 19.2 Å². The SMILES string of the molecule is CCC(NC(=O)NCc1ccc(N)nc1)(OCc1ccccc1)C(N)=O. The number of rotatable bonds is 8. The molecule has 1 aromatic carbocycles. The van der Waals surface area contributed by atoms with Gasteiger partial charge in [-0.2, -0.15) is 0 Å². The number of benzene rings is 1. The fourth-order valence-electron chi connectivity index (χ4n) is 2.26. The highest BCUT2D eigenvalue weighted by Crippen LogP contribution is 2.15. The van der Waals surface area contributed by atoms with Crippen molar-refractivity contribution in [1.82, 2.24) is 15.6 Å². The third-order valence-electron chi connectivity index (χ3n) is 3.84. The smallest absolute Gasteiger partial charge is 0.317 e. The van der Waals surface area contributed by atoms with Gasteiger partial charge in [-0.3, -0.25) is 4.79 Å². The van der Waals surface area contributed by atoms with E-state index >= 15 is 0 Å². The Hall–Kier alpha value is -3.13. The van der Waals surface area contributed by atoms with E-state index in [1.54, 1.807) is 25.3 Å². The van der Waals surface area contributed by atoms with Crippen molar-refractivity contribution in [2.24, 2.45) is 5.73 Å². The lowest BCUT2D eigenvalue weighted by molar-refractivity contribution is -0.150. The van der Waals surface area contributed by atoms with Crippen LogP contribution in [0.4, 0.5) is 10.6 Å². The fraction of sp³-hybridized carbons (Fsp3) is 0.278. The lowest BCUT2D eigenvalue weighted by atomic mass is 10.1. The van der Waals surface area contributed by atoms with Crippen molar-refractivity contribution < 1.29 is 14.3 Å². The Morgan fingerprint density at radius 2 is 1.88 bits per heavy atom. The van der Waals surface area contributed by atoms with Crippen molar-refractivity contribution in [3.63, 3.8) is 0 Å². The number of carbonyl (C=O) groups is 2. The van der Waals surface area contributed by atoms with Crippen molar-refractivity contribution in [3.05, 3.63) is 59.8 Å². The zero-order chi connectivity index (χ0) is 19.0. The highest BCUT2D eigenvalue weighted by molar-refractivity contribution is 5.88. The van der Waals surface area contributed by atoms with E-state index in [1.807, 2.05) is 30.3 Å². The summed E-state index contributed by atoms with van der Waals surface area (Å²) in [4.78, 5) is 28.1. The number of nitrogens with one attached hydrogen (secondary N) is 2. The number of pyridine rings is 1. The number of hydrogen-bond donors (Lipinski definition) is 4. The first kappa shape index (κ1) is 19.2. The van der Waals surface area contributed by atoms with Crippen molar-refractivity contribution in [1.29, 1.82) is 0 Å². The van der Waals surface area contributed by atoms with E-state index in [9.17, 15) is 9.59 Å². The number of primary amides is 1. The minimum Gasteiger partial charge on any atom is -0.384 e. The number of nitrogens with two attached hydrogens (primary N) is 2. The summed E-state index contributed by atoms with van der Waals surface area (Å²) in [6.07, 6.45) is 1.74. The molecule has 0 aliphatic rings. The first-order valence-corrected chi connectivity index (χ1v) is 8.19. The molecule has 6 N–H and O–H groups in total. The lowest BCUT2D eigenvalue weighted by Gasteiger charge is -2.30. The molecule has 1 heterocycles. The molecule has 2 aromatic rings. The third-order valence-corrected chi connectivity index (χ3v) is 3.84. The summed E-state index contributed by atoms with van der Waals surface area (Å²) in [6, 6.07) is 12.1. The molecular weight excluding hydrogens is 334 g/mol. The van der Waals surface area contributed by atoms with E-state index in [2.05, 4.69) is 15.6 Å². The number of nitrogens with zero attached hydrogens (tertiary/aromatic N) is 1. The maximum atomic E-state index is 12.2. The van der Waals surface area contributed by atoms with Gasteiger partial charge in [0.2, 0.25) is 5.72 Å². The molecule has 3 amide bonds. The van der Waals surface area contributed by atoms with Gasteiger partial charge in [-0.25, -0.2) is 9.78 Å². The van der Waals surface area contributed by atoms with Gasteiger partial charge in [-0.15, -0.1) is 0 Å². The minimum atomic E-state index is -1.60. The molecule has 0 spiro atoms. The van der Waals surface area contributed by atoms with Crippen LogP contribution in [0.1, 0.15) is 24.5 Å². The van der Waals surface area contributed by atoms with Gasteiger partial charge in [0.1, 0.15) is 5.82 Å². The maximum Gasteiger partial charge on any atom is 0.317 e. The van der Waals surface area contributed by atoms with Crippen molar-refractivity contribution in [3.8, 4) is 0 Å². The Kier molecular flexibility index (Phi) is 6.51. The number of ether oxygens (including phenoxy) is 1. The Morgan fingerprint density at radius 1 is 1.15 bits per heavy atom. The number of aromatic nitrogens is 1. The van der Waals surface area contributed by atoms with E-state index in [4.69, 9.17) is 16.2 Å². The Morgan fingerprint density at radius 3 is 2.46 bits per heavy atom. The summed E-state index contributed by atoms with van der Waals surface area (Å²) in [7, 11) is 0. The molecule has 0 bridgehead atoms. The summed E-state index contributed by atoms with van der Waals surface area (Å²) in [5, 5.41) is 5.18. The number of urea groups is 1. The van der Waals surface area contributed by atoms with Gasteiger partial charge in [-0.1, -0.05) is 43.3 Å². The quantitative estimate of drug-likeness (QED) is 0.528. The number of anilines is 1. The molecule has 0 radical (unpaired) electrons. The Labute approximate surface area is 151 Å². The van der Waals surface area contributed by atoms with Crippen LogP contribution in [-0.4, -0.2) is 22.6 Å². The van der Waals surface area contributed by atoms with Crippen LogP contribution in [0.5, 0.6) is 0 Å². The van der Waals surface area contributed by atoms with E-state index in [0.717, 1.165) is 11.1 Å². The highest BCUT2D eigenvalue weighted by Gasteiger charge is 2.37. The van der Waals surface area contributed by atoms with Gasteiger partial charge < -0.3 is 26.8 Å². The molecule has 1 unspecified atom stereocenters. The standard InChI is InChI=1S/C18H23N5O3/c1-2-18(16(20)24,26-12-13-6-4-3-5-7-13)23-17(25)22-11-14-8-9-15(19)21-10-14/h3-10H,2,11-12H2,1H3,(H2,19,21)(H2,20,24)(H2,22,23,25). The zero-order valence-corrected chi connectivity index (χ0v) is 14.6. The summed E-state index contributed by atoms with van der Waals surface area (Å²) in [5.74, 6) is -0.369. The average Bonchev–Trinajstić information content (AvgIpc) is 2.65. The molecule has 0 aliphatic heterocycles. The van der Waals surface area contributed by atoms with Gasteiger partial charge in [0.05, 0.1) is 6.61 Å². The fourth-order valence-corrected chi connectivity index (χ4v) is 2.26. The van der Waals surface area contributed by atoms with Crippen LogP contribution in [-0.2, 0) is 22.7 Å². The molecule has 1 atom stereocenters. The number of carbonyl (C=O) groups excluding carboxylic acids is 2. The van der Waals surface area contributed by atoms with Crippen LogP contribution in [0.2, 0.25) is 0 Å². The largest absolute Gasteiger partial charge is 0.384 e. The van der Waals surface area contributed by atoms with E-state index < -0.39 is 17.7 Å². The minimum absolute atomic E-state index is 0.139. The molecule has 138 valence electrons. The van der Waals surface area contributed by atoms with Crippen molar-refractivity contribution >= 4 is 17.8 Å². The number of hydrogen-bond acceptors (Lipinski definition) is 5. The predicted molar refractivity (Wildman–Crippen MR) is 97.5 cm³/mol. The Balaban J connectivity index is 1.98. The molecule has 0 aliphatic carbocycles. The lowest BCUT2D eigenvalue weighted by Crippen LogP contribution is -2.60. The first-order chi connectivity index (χ1) is 12.4. The van der Waals surface area contributed by atoms with E-state index in [0.29, 0.717) is 5.82 Å². The van der Waals surface area contributed by atoms with Crippen LogP contribution in [0.15, 0.2) is 48.7 Å². The van der Waals surface area contributed by atoms with Crippen molar-refractivity contribution in [2.45, 2.75) is 32.2 Å². The molecule has 8 nitrogen and oxygen atoms in total. The molecule has 8 heteroatoms. The van der Waals surface area contributed by atoms with Crippen LogP contribution >= 0.6 is 0 Å². The summed E-state index contributed by atoms with van der Waals surface area (Å²) >= 11 is 0. The molecule has 26 heavy (non-hydrogen) atoms. The van der Waals surface area contributed by atoms with E-state index in [1.165, 1.54) is 0 Å². The van der Waals surface area contributed by atoms with E-state index in [-0.39, 0.29) is 19.6 Å². The van der Waals surface area contributed by atoms with Crippen LogP contribution in [0.3, 0.4) is 0 Å². The Bertz CT molecular complexity index is 736. The highest BCUT2D eigenvalue weighted by atomic mass is 16.5. The van der Waals surface area contributed by atoms with Gasteiger partial charge >= 0.3 is 6.03 Å². The van der Waals surface area contributed by atoms with Crippen LogP contribution in [0.25, 0.3) is 0 Å². The maximum absolute atomic E-state index is 12.2. The molecule has 0 saturated carbocycles. The second kappa shape index (κ2) is 8.82. The molecule has 0 fully saturated rings. The van der Waals surface area contributed by atoms with Crippen molar-refractivity contribution in [2.75, 3.05) is 5.73 Å². The average molecular weight is 357 g/mol. The second-order valence-electron chi connectivity index (χ2n) is 5.72. The van der Waals surface area contributed by atoms with Gasteiger partial charge in [0.15, 0.2) is 0 Å². The monoisotopic (exact) mass is 357 g/mol. The predicted octanol–water partition coefficient (Wildman–Crippen LogP) is 1.27. The topological polar surface area (TPSA) is 132 Å². The normalized spacial score (nSPS) is 12.8. The number of amides is 3. The summed E-state index contributed by atoms with van der Waals surface area (Å²) in [6.45, 7) is 2.07. The summed E-state index contributed by atoms with van der Waals surface area (Å²) < 4.78 is 5.69.